The number of ether oxygens (including phenoxy) is 3. The van der Waals surface area contributed by atoms with Crippen molar-refractivity contribution in [1.29, 1.82) is 0 Å². The molecule has 1 heterocycles. The van der Waals surface area contributed by atoms with Crippen molar-refractivity contribution in [3.63, 3.8) is 0 Å². The highest BCUT2D eigenvalue weighted by molar-refractivity contribution is 5.84. The second-order valence-corrected chi connectivity index (χ2v) is 6.83. The highest BCUT2D eigenvalue weighted by Gasteiger charge is 2.10. The van der Waals surface area contributed by atoms with Gasteiger partial charge < -0.3 is 14.2 Å². The minimum absolute atomic E-state index is 0.676. The second-order valence-electron chi connectivity index (χ2n) is 6.83. The van der Waals surface area contributed by atoms with Gasteiger partial charge in [-0.05, 0) is 30.5 Å². The van der Waals surface area contributed by atoms with Gasteiger partial charge in [0.05, 0.1) is 26.9 Å². The van der Waals surface area contributed by atoms with E-state index in [1.807, 2.05) is 30.5 Å². The molecule has 150 valence electrons. The smallest absolute Gasteiger partial charge is 0.131 e. The standard InChI is InChI=1S/C23H30N2O3/c1-26-22-9-8-21(19-24-11-10-20-6-3-2-4-7-20)23(18-22)28-15-5-12-25-13-16-27-17-14-25/h2-4,6-9,18-19H,5,10-17H2,1H3/b24-19+. The van der Waals surface area contributed by atoms with Gasteiger partial charge in [-0.15, -0.1) is 0 Å². The Kier molecular flexibility index (Phi) is 8.34. The highest BCUT2D eigenvalue weighted by atomic mass is 16.5. The molecule has 0 spiro atoms. The summed E-state index contributed by atoms with van der Waals surface area (Å²) in [6, 6.07) is 16.3. The van der Waals surface area contributed by atoms with E-state index in [1.54, 1.807) is 7.11 Å². The van der Waals surface area contributed by atoms with Crippen molar-refractivity contribution in [3.05, 3.63) is 59.7 Å². The molecular formula is C23H30N2O3. The van der Waals surface area contributed by atoms with Crippen LogP contribution in [0.3, 0.4) is 0 Å². The first-order valence-electron chi connectivity index (χ1n) is 10.00. The van der Waals surface area contributed by atoms with Crippen LogP contribution in [0.4, 0.5) is 0 Å². The zero-order chi connectivity index (χ0) is 19.4. The zero-order valence-corrected chi connectivity index (χ0v) is 16.7. The van der Waals surface area contributed by atoms with Gasteiger partial charge >= 0.3 is 0 Å². The molecule has 0 aromatic heterocycles. The number of hydrogen-bond acceptors (Lipinski definition) is 5. The normalized spacial score (nSPS) is 15.0. The summed E-state index contributed by atoms with van der Waals surface area (Å²) in [6.07, 6.45) is 3.82. The summed E-state index contributed by atoms with van der Waals surface area (Å²) in [5.41, 5.74) is 2.29. The molecule has 5 heteroatoms. The van der Waals surface area contributed by atoms with E-state index in [0.29, 0.717) is 6.61 Å². The fourth-order valence-electron chi connectivity index (χ4n) is 3.17. The first-order chi connectivity index (χ1) is 13.8. The van der Waals surface area contributed by atoms with Crippen molar-refractivity contribution in [3.8, 4) is 11.5 Å². The molecule has 1 fully saturated rings. The van der Waals surface area contributed by atoms with E-state index in [0.717, 1.165) is 69.3 Å². The predicted octanol–water partition coefficient (Wildman–Crippen LogP) is 3.46. The van der Waals surface area contributed by atoms with Crippen molar-refractivity contribution in [1.82, 2.24) is 4.90 Å². The van der Waals surface area contributed by atoms with Crippen LogP contribution >= 0.6 is 0 Å². The lowest BCUT2D eigenvalue weighted by Gasteiger charge is -2.26. The maximum Gasteiger partial charge on any atom is 0.131 e. The van der Waals surface area contributed by atoms with Crippen molar-refractivity contribution < 1.29 is 14.2 Å². The van der Waals surface area contributed by atoms with Crippen molar-refractivity contribution in [2.24, 2.45) is 4.99 Å². The number of aliphatic imine (C=N–C) groups is 1. The zero-order valence-electron chi connectivity index (χ0n) is 16.7. The van der Waals surface area contributed by atoms with Gasteiger partial charge in [-0.2, -0.15) is 0 Å². The molecular weight excluding hydrogens is 352 g/mol. The Bertz CT molecular complexity index is 728. The summed E-state index contributed by atoms with van der Waals surface area (Å²) in [4.78, 5) is 7.01. The van der Waals surface area contributed by atoms with Gasteiger partial charge in [0.25, 0.3) is 0 Å². The lowest BCUT2D eigenvalue weighted by Crippen LogP contribution is -2.37. The Hall–Kier alpha value is -2.37. The Morgan fingerprint density at radius 3 is 2.71 bits per heavy atom. The van der Waals surface area contributed by atoms with Gasteiger partial charge in [-0.3, -0.25) is 9.89 Å². The molecule has 0 atom stereocenters. The maximum absolute atomic E-state index is 6.06. The molecule has 1 saturated heterocycles. The van der Waals surface area contributed by atoms with Crippen LogP contribution in [0.1, 0.15) is 17.5 Å². The molecule has 0 saturated carbocycles. The first-order valence-corrected chi connectivity index (χ1v) is 10.00. The van der Waals surface area contributed by atoms with Crippen LogP contribution in [0.2, 0.25) is 0 Å². The molecule has 0 unspecified atom stereocenters. The summed E-state index contributed by atoms with van der Waals surface area (Å²) in [7, 11) is 1.67. The number of morpholine rings is 1. The van der Waals surface area contributed by atoms with Gasteiger partial charge in [-0.25, -0.2) is 0 Å². The molecule has 5 nitrogen and oxygen atoms in total. The second kappa shape index (κ2) is 11.5. The van der Waals surface area contributed by atoms with E-state index in [1.165, 1.54) is 5.56 Å². The molecule has 3 rings (SSSR count). The van der Waals surface area contributed by atoms with Crippen molar-refractivity contribution >= 4 is 6.21 Å². The molecule has 28 heavy (non-hydrogen) atoms. The monoisotopic (exact) mass is 382 g/mol. The Labute approximate surface area is 167 Å². The highest BCUT2D eigenvalue weighted by Crippen LogP contribution is 2.24. The van der Waals surface area contributed by atoms with E-state index in [4.69, 9.17) is 14.2 Å². The Morgan fingerprint density at radius 2 is 1.93 bits per heavy atom. The largest absolute Gasteiger partial charge is 0.497 e. The van der Waals surface area contributed by atoms with Crippen molar-refractivity contribution in [2.45, 2.75) is 12.8 Å². The molecule has 1 aliphatic heterocycles. The van der Waals surface area contributed by atoms with Gasteiger partial charge in [0.15, 0.2) is 0 Å². The minimum atomic E-state index is 0.676. The van der Waals surface area contributed by atoms with E-state index >= 15 is 0 Å². The van der Waals surface area contributed by atoms with Crippen molar-refractivity contribution in [2.75, 3.05) is 53.1 Å². The van der Waals surface area contributed by atoms with Crippen LogP contribution < -0.4 is 9.47 Å². The third kappa shape index (κ3) is 6.66. The lowest BCUT2D eigenvalue weighted by atomic mass is 10.1. The maximum atomic E-state index is 6.06. The fourth-order valence-corrected chi connectivity index (χ4v) is 3.17. The van der Waals surface area contributed by atoms with E-state index in [-0.39, 0.29) is 0 Å². The van der Waals surface area contributed by atoms with Gasteiger partial charge in [-0.1, -0.05) is 30.3 Å². The Morgan fingerprint density at radius 1 is 1.11 bits per heavy atom. The molecule has 0 N–H and O–H groups in total. The minimum Gasteiger partial charge on any atom is -0.497 e. The number of hydrogen-bond donors (Lipinski definition) is 0. The molecule has 2 aromatic carbocycles. The molecule has 2 aromatic rings. The SMILES string of the molecule is COc1ccc(/C=N/CCc2ccccc2)c(OCCCN2CCOCC2)c1. The first kappa shape index (κ1) is 20.4. The van der Waals surface area contributed by atoms with Crippen LogP contribution in [0, 0.1) is 0 Å². The fraction of sp³-hybridized carbons (Fsp3) is 0.435. The predicted molar refractivity (Wildman–Crippen MR) is 113 cm³/mol. The van der Waals surface area contributed by atoms with Crippen LogP contribution in [0.15, 0.2) is 53.5 Å². The third-order valence-electron chi connectivity index (χ3n) is 4.80. The summed E-state index contributed by atoms with van der Waals surface area (Å²) in [5.74, 6) is 1.62. The third-order valence-corrected chi connectivity index (χ3v) is 4.80. The van der Waals surface area contributed by atoms with Crippen LogP contribution in [0.25, 0.3) is 0 Å². The molecule has 0 radical (unpaired) electrons. The van der Waals surface area contributed by atoms with Crippen LogP contribution in [-0.4, -0.2) is 64.2 Å². The molecule has 0 bridgehead atoms. The quantitative estimate of drug-likeness (QED) is 0.466. The van der Waals surface area contributed by atoms with Crippen LogP contribution in [-0.2, 0) is 11.2 Å². The van der Waals surface area contributed by atoms with Gasteiger partial charge in [0.2, 0.25) is 0 Å². The molecule has 0 amide bonds. The van der Waals surface area contributed by atoms with Gasteiger partial charge in [0.1, 0.15) is 11.5 Å². The number of benzene rings is 2. The summed E-state index contributed by atoms with van der Waals surface area (Å²) in [5, 5.41) is 0. The number of nitrogens with zero attached hydrogens (tertiary/aromatic N) is 2. The molecule has 1 aliphatic rings. The topological polar surface area (TPSA) is 43.3 Å². The van der Waals surface area contributed by atoms with E-state index in [9.17, 15) is 0 Å². The van der Waals surface area contributed by atoms with E-state index < -0.39 is 0 Å². The number of methoxy groups -OCH3 is 1. The Balaban J connectivity index is 1.50. The summed E-state index contributed by atoms with van der Waals surface area (Å²) in [6.45, 7) is 6.16. The van der Waals surface area contributed by atoms with Crippen LogP contribution in [0.5, 0.6) is 11.5 Å². The van der Waals surface area contributed by atoms with Gasteiger partial charge in [0, 0.05) is 44.0 Å². The summed E-state index contributed by atoms with van der Waals surface area (Å²) < 4.78 is 16.8. The average Bonchev–Trinajstić information content (AvgIpc) is 2.76. The summed E-state index contributed by atoms with van der Waals surface area (Å²) >= 11 is 0. The molecule has 0 aliphatic carbocycles. The van der Waals surface area contributed by atoms with E-state index in [2.05, 4.69) is 34.2 Å². The number of rotatable bonds is 10. The lowest BCUT2D eigenvalue weighted by molar-refractivity contribution is 0.0358. The average molecular weight is 383 g/mol.